The van der Waals surface area contributed by atoms with Gasteiger partial charge in [0.2, 0.25) is 5.95 Å². The Morgan fingerprint density at radius 2 is 2.03 bits per heavy atom. The zero-order valence-electron chi connectivity index (χ0n) is 19.3. The molecule has 0 amide bonds. The normalized spacial score (nSPS) is 26.8. The summed E-state index contributed by atoms with van der Waals surface area (Å²) in [6.45, 7) is 1.88. The average molecular weight is 475 g/mol. The molecule has 2 aromatic rings. The molecule has 3 heterocycles. The van der Waals surface area contributed by atoms with Gasteiger partial charge >= 0.3 is 0 Å². The van der Waals surface area contributed by atoms with Gasteiger partial charge in [-0.3, -0.25) is 4.21 Å². The molecule has 3 atom stereocenters. The number of aliphatic hydroxyl groups excluding tert-OH is 1. The van der Waals surface area contributed by atoms with Crippen LogP contribution in [0, 0.1) is 24.2 Å². The monoisotopic (exact) mass is 474 g/mol. The lowest BCUT2D eigenvalue weighted by Gasteiger charge is -2.42. The van der Waals surface area contributed by atoms with Gasteiger partial charge in [0.25, 0.3) is 0 Å². The van der Waals surface area contributed by atoms with E-state index in [1.165, 1.54) is 11.1 Å². The second-order valence-corrected chi connectivity index (χ2v) is 11.7. The van der Waals surface area contributed by atoms with Gasteiger partial charge < -0.3 is 15.3 Å². The van der Waals surface area contributed by atoms with E-state index in [4.69, 9.17) is 16.4 Å². The molecule has 0 radical (unpaired) electrons. The Labute approximate surface area is 203 Å². The van der Waals surface area contributed by atoms with Crippen LogP contribution in [0.1, 0.15) is 48.9 Å². The van der Waals surface area contributed by atoms with Crippen molar-refractivity contribution in [3.8, 4) is 12.3 Å². The molecule has 2 aliphatic carbocycles. The van der Waals surface area contributed by atoms with E-state index in [2.05, 4.69) is 34.3 Å². The van der Waals surface area contributed by atoms with Crippen LogP contribution in [0.25, 0.3) is 5.57 Å². The molecule has 1 aromatic heterocycles. The molecule has 0 spiro atoms. The van der Waals surface area contributed by atoms with Crippen molar-refractivity contribution < 1.29 is 9.32 Å². The number of rotatable bonds is 5. The van der Waals surface area contributed by atoms with E-state index in [9.17, 15) is 9.32 Å². The SMILES string of the molecule is C#Cc1ccc(C2=C[C@H]3CN(c4nc5c(c(NC6(CO)CCC6)n4)[S@@](=O)CCC5)C[C@H]3C2)cc1. The maximum atomic E-state index is 12.9. The fraction of sp³-hybridized carbons (Fsp3) is 0.481. The summed E-state index contributed by atoms with van der Waals surface area (Å²) in [4.78, 5) is 12.9. The van der Waals surface area contributed by atoms with Crippen LogP contribution >= 0.6 is 0 Å². The van der Waals surface area contributed by atoms with Gasteiger partial charge in [0.1, 0.15) is 10.7 Å². The van der Waals surface area contributed by atoms with Crippen LogP contribution in [-0.2, 0) is 17.2 Å². The second-order valence-electron chi connectivity index (χ2n) is 10.2. The Balaban J connectivity index is 1.26. The Kier molecular flexibility index (Phi) is 5.46. The first-order valence-corrected chi connectivity index (χ1v) is 13.6. The smallest absolute Gasteiger partial charge is 0.227 e. The van der Waals surface area contributed by atoms with Gasteiger partial charge in [-0.05, 0) is 73.6 Å². The second kappa shape index (κ2) is 8.51. The average Bonchev–Trinajstić information content (AvgIpc) is 3.41. The topological polar surface area (TPSA) is 78.3 Å². The summed E-state index contributed by atoms with van der Waals surface area (Å²) in [7, 11) is -1.09. The van der Waals surface area contributed by atoms with Gasteiger partial charge in [-0.15, -0.1) is 6.42 Å². The Morgan fingerprint density at radius 1 is 1.21 bits per heavy atom. The van der Waals surface area contributed by atoms with Gasteiger partial charge in [0.05, 0.1) is 28.6 Å². The lowest BCUT2D eigenvalue weighted by Crippen LogP contribution is -2.49. The van der Waals surface area contributed by atoms with Crippen LogP contribution in [0.4, 0.5) is 11.8 Å². The highest BCUT2D eigenvalue weighted by Gasteiger charge is 2.40. The van der Waals surface area contributed by atoms with E-state index in [-0.39, 0.29) is 12.1 Å². The van der Waals surface area contributed by atoms with Crippen molar-refractivity contribution in [2.24, 2.45) is 11.8 Å². The van der Waals surface area contributed by atoms with Crippen molar-refractivity contribution in [1.29, 1.82) is 0 Å². The number of fused-ring (bicyclic) bond motifs is 2. The van der Waals surface area contributed by atoms with Crippen molar-refractivity contribution in [2.45, 2.75) is 49.0 Å². The molecule has 6 rings (SSSR count). The molecule has 34 heavy (non-hydrogen) atoms. The van der Waals surface area contributed by atoms with Crippen LogP contribution in [-0.4, -0.2) is 50.3 Å². The summed E-state index contributed by atoms with van der Waals surface area (Å²) in [5, 5.41) is 13.5. The summed E-state index contributed by atoms with van der Waals surface area (Å²) in [6.07, 6.45) is 13.6. The molecule has 1 saturated heterocycles. The first kappa shape index (κ1) is 21.8. The van der Waals surface area contributed by atoms with Crippen LogP contribution < -0.4 is 10.2 Å². The lowest BCUT2D eigenvalue weighted by atomic mass is 9.77. The number of nitrogens with one attached hydrogen (secondary N) is 1. The van der Waals surface area contributed by atoms with Gasteiger partial charge in [-0.1, -0.05) is 24.1 Å². The van der Waals surface area contributed by atoms with Gasteiger partial charge in [0, 0.05) is 24.4 Å². The van der Waals surface area contributed by atoms with Crippen molar-refractivity contribution in [1.82, 2.24) is 9.97 Å². The first-order valence-electron chi connectivity index (χ1n) is 12.3. The Bertz CT molecular complexity index is 1210. The maximum absolute atomic E-state index is 12.9. The summed E-state index contributed by atoms with van der Waals surface area (Å²) in [5.74, 6) is 5.76. The standard InChI is InChI=1S/C27H30N4O2S/c1-2-18-6-8-19(9-7-18)20-13-21-15-31(16-22(21)14-20)26-28-23-5-3-12-34(33)24(23)25(29-26)30-27(17-32)10-4-11-27/h1,6-9,13,21-22,32H,3-5,10-12,14-17H2,(H,28,29,30)/t21-,22+,34-/m0/s1. The molecule has 0 bridgehead atoms. The molecule has 2 fully saturated rings. The van der Waals surface area contributed by atoms with E-state index in [1.54, 1.807) is 0 Å². The third kappa shape index (κ3) is 3.73. The number of hydrogen-bond acceptors (Lipinski definition) is 6. The van der Waals surface area contributed by atoms with Crippen LogP contribution in [0.3, 0.4) is 0 Å². The number of aliphatic hydroxyl groups is 1. The van der Waals surface area contributed by atoms with Crippen molar-refractivity contribution in [3.05, 3.63) is 47.2 Å². The van der Waals surface area contributed by atoms with E-state index >= 15 is 0 Å². The number of aromatic nitrogens is 2. The number of benzene rings is 1. The number of hydrogen-bond donors (Lipinski definition) is 2. The molecular weight excluding hydrogens is 444 g/mol. The number of nitrogens with zero attached hydrogens (tertiary/aromatic N) is 3. The molecule has 4 aliphatic rings. The van der Waals surface area contributed by atoms with Crippen molar-refractivity contribution in [2.75, 3.05) is 35.7 Å². The predicted octanol–water partition coefficient (Wildman–Crippen LogP) is 3.38. The quantitative estimate of drug-likeness (QED) is 0.647. The molecule has 1 aromatic carbocycles. The fourth-order valence-electron chi connectivity index (χ4n) is 5.84. The van der Waals surface area contributed by atoms with Gasteiger partial charge in [-0.2, -0.15) is 4.98 Å². The molecule has 176 valence electrons. The number of terminal acetylenes is 1. The minimum Gasteiger partial charge on any atom is -0.394 e. The molecule has 6 nitrogen and oxygen atoms in total. The van der Waals surface area contributed by atoms with E-state index in [1.807, 2.05) is 12.1 Å². The van der Waals surface area contributed by atoms with E-state index < -0.39 is 10.8 Å². The molecule has 2 N–H and O–H groups in total. The Hall–Kier alpha value is -2.69. The van der Waals surface area contributed by atoms with Crippen LogP contribution in [0.15, 0.2) is 35.2 Å². The molecular formula is C27H30N4O2S. The highest BCUT2D eigenvalue weighted by atomic mass is 32.2. The highest BCUT2D eigenvalue weighted by Crippen LogP contribution is 2.43. The molecule has 7 heteroatoms. The number of allylic oxidation sites excluding steroid dienone is 1. The Morgan fingerprint density at radius 3 is 2.71 bits per heavy atom. The number of anilines is 2. The minimum absolute atomic E-state index is 0.0670. The zero-order valence-corrected chi connectivity index (χ0v) is 20.1. The van der Waals surface area contributed by atoms with Crippen LogP contribution in [0.5, 0.6) is 0 Å². The zero-order chi connectivity index (χ0) is 23.3. The summed E-state index contributed by atoms with van der Waals surface area (Å²) in [6, 6.07) is 8.28. The van der Waals surface area contributed by atoms with Gasteiger partial charge in [0.15, 0.2) is 0 Å². The summed E-state index contributed by atoms with van der Waals surface area (Å²) in [5.41, 5.74) is 4.14. The minimum atomic E-state index is -1.09. The van der Waals surface area contributed by atoms with Crippen molar-refractivity contribution >= 4 is 28.1 Å². The fourth-order valence-corrected chi connectivity index (χ4v) is 7.17. The van der Waals surface area contributed by atoms with E-state index in [0.29, 0.717) is 23.4 Å². The van der Waals surface area contributed by atoms with Crippen molar-refractivity contribution in [3.63, 3.8) is 0 Å². The number of aryl methyl sites for hydroxylation is 1. The highest BCUT2D eigenvalue weighted by molar-refractivity contribution is 7.85. The predicted molar refractivity (Wildman–Crippen MR) is 135 cm³/mol. The maximum Gasteiger partial charge on any atom is 0.227 e. The van der Waals surface area contributed by atoms with E-state index in [0.717, 1.165) is 73.7 Å². The van der Waals surface area contributed by atoms with Crippen LogP contribution in [0.2, 0.25) is 0 Å². The molecule has 0 unspecified atom stereocenters. The van der Waals surface area contributed by atoms with Gasteiger partial charge in [-0.25, -0.2) is 4.98 Å². The molecule has 2 aliphatic heterocycles. The third-order valence-electron chi connectivity index (χ3n) is 7.99. The lowest BCUT2D eigenvalue weighted by molar-refractivity contribution is 0.143. The summed E-state index contributed by atoms with van der Waals surface area (Å²) >= 11 is 0. The third-order valence-corrected chi connectivity index (χ3v) is 9.53. The first-order chi connectivity index (χ1) is 16.6. The molecule has 1 saturated carbocycles. The largest absolute Gasteiger partial charge is 0.394 e. The summed E-state index contributed by atoms with van der Waals surface area (Å²) < 4.78 is 12.9.